The van der Waals surface area contributed by atoms with Crippen LogP contribution in [0.15, 0.2) is 0 Å². The predicted octanol–water partition coefficient (Wildman–Crippen LogP) is 0.440. The van der Waals surface area contributed by atoms with E-state index >= 15 is 0 Å². The zero-order valence-electron chi connectivity index (χ0n) is 7.63. The number of amides is 1. The second-order valence-electron chi connectivity index (χ2n) is 2.78. The first kappa shape index (κ1) is 10.9. The molecule has 1 amide bonds. The maximum Gasteiger partial charge on any atom is 0.247 e. The Balaban J connectivity index is 3.55. The average Bonchev–Trinajstić information content (AvgIpc) is 2.00. The molecule has 0 aromatic rings. The minimum Gasteiger partial charge on any atom is -0.369 e. The number of nitrogens with zero attached hydrogens (tertiary/aromatic N) is 1. The van der Waals surface area contributed by atoms with Crippen LogP contribution in [0.4, 0.5) is 0 Å². The molecule has 0 rings (SSSR count). The van der Waals surface area contributed by atoms with E-state index in [1.165, 1.54) is 0 Å². The van der Waals surface area contributed by atoms with Gasteiger partial charge < -0.3 is 10.1 Å². The summed E-state index contributed by atoms with van der Waals surface area (Å²) in [6, 6.07) is 1.45. The van der Waals surface area contributed by atoms with Gasteiger partial charge in [0.25, 0.3) is 0 Å². The molecule has 0 radical (unpaired) electrons. The van der Waals surface area contributed by atoms with Gasteiger partial charge in [-0.05, 0) is 20.8 Å². The maximum atomic E-state index is 10.9. The average molecular weight is 170 g/mol. The van der Waals surface area contributed by atoms with Crippen molar-refractivity contribution in [2.45, 2.75) is 32.9 Å². The number of ether oxygens (including phenoxy) is 1. The lowest BCUT2D eigenvalue weighted by molar-refractivity contribution is -0.127. The van der Waals surface area contributed by atoms with Crippen LogP contribution >= 0.6 is 0 Å². The lowest BCUT2D eigenvalue weighted by Crippen LogP contribution is -2.34. The highest BCUT2D eigenvalue weighted by Crippen LogP contribution is 1.87. The minimum absolute atomic E-state index is 0.0175. The molecule has 0 bridgehead atoms. The molecule has 0 aliphatic heterocycles. The molecule has 0 heterocycles. The topological polar surface area (TPSA) is 62.1 Å². The molecule has 4 nitrogen and oxygen atoms in total. The Morgan fingerprint density at radius 2 is 2.17 bits per heavy atom. The monoisotopic (exact) mass is 170 g/mol. The Morgan fingerprint density at radius 1 is 1.58 bits per heavy atom. The van der Waals surface area contributed by atoms with Crippen LogP contribution < -0.4 is 5.32 Å². The van der Waals surface area contributed by atoms with Gasteiger partial charge in [-0.2, -0.15) is 5.26 Å². The summed E-state index contributed by atoms with van der Waals surface area (Å²) in [5.74, 6) is -0.252. The van der Waals surface area contributed by atoms with Gasteiger partial charge in [0.05, 0.1) is 12.2 Å². The summed E-state index contributed by atoms with van der Waals surface area (Å²) in [7, 11) is 0. The van der Waals surface area contributed by atoms with Crippen molar-refractivity contribution in [3.05, 3.63) is 0 Å². The molecular formula is C8H14N2O2. The number of rotatable bonds is 4. The molecule has 1 unspecified atom stereocenters. The summed E-state index contributed by atoms with van der Waals surface area (Å²) in [5, 5.41) is 10.8. The zero-order chi connectivity index (χ0) is 9.56. The van der Waals surface area contributed by atoms with Crippen LogP contribution in [0.3, 0.4) is 0 Å². The first-order chi connectivity index (χ1) is 5.56. The molecular weight excluding hydrogens is 156 g/mol. The van der Waals surface area contributed by atoms with Crippen molar-refractivity contribution in [3.8, 4) is 6.07 Å². The normalized spacial score (nSPS) is 12.2. The van der Waals surface area contributed by atoms with E-state index in [4.69, 9.17) is 10.00 Å². The highest BCUT2D eigenvalue weighted by Gasteiger charge is 2.06. The number of carbonyl (C=O) groups is 1. The second kappa shape index (κ2) is 5.56. The third kappa shape index (κ3) is 5.69. The van der Waals surface area contributed by atoms with Gasteiger partial charge in [-0.1, -0.05) is 0 Å². The van der Waals surface area contributed by atoms with E-state index in [1.54, 1.807) is 6.92 Å². The lowest BCUT2D eigenvalue weighted by Gasteiger charge is -2.08. The molecule has 0 spiro atoms. The highest BCUT2D eigenvalue weighted by atomic mass is 16.5. The Labute approximate surface area is 72.5 Å². The third-order valence-corrected chi connectivity index (χ3v) is 1.12. The van der Waals surface area contributed by atoms with Crippen molar-refractivity contribution in [3.63, 3.8) is 0 Å². The maximum absolute atomic E-state index is 10.9. The molecule has 0 saturated heterocycles. The summed E-state index contributed by atoms with van der Waals surface area (Å²) in [4.78, 5) is 10.9. The fourth-order valence-corrected chi connectivity index (χ4v) is 0.558. The second-order valence-corrected chi connectivity index (χ2v) is 2.78. The Morgan fingerprint density at radius 3 is 2.58 bits per heavy atom. The smallest absolute Gasteiger partial charge is 0.247 e. The summed E-state index contributed by atoms with van der Waals surface area (Å²) in [5.41, 5.74) is 0. The van der Waals surface area contributed by atoms with Crippen molar-refractivity contribution >= 4 is 5.91 Å². The van der Waals surface area contributed by atoms with Crippen molar-refractivity contribution in [1.29, 1.82) is 5.26 Å². The van der Waals surface area contributed by atoms with Gasteiger partial charge >= 0.3 is 0 Å². The molecule has 0 aromatic heterocycles. The van der Waals surface area contributed by atoms with Gasteiger partial charge in [-0.3, -0.25) is 4.79 Å². The molecule has 0 aromatic carbocycles. The van der Waals surface area contributed by atoms with Crippen LogP contribution in [0.25, 0.3) is 0 Å². The Kier molecular flexibility index (Phi) is 5.06. The highest BCUT2D eigenvalue weighted by molar-refractivity contribution is 5.77. The van der Waals surface area contributed by atoms with Crippen LogP contribution in [-0.2, 0) is 9.53 Å². The summed E-state index contributed by atoms with van der Waals surface area (Å²) in [6.45, 7) is 5.33. The largest absolute Gasteiger partial charge is 0.369 e. The van der Waals surface area contributed by atoms with Crippen LogP contribution in [0.2, 0.25) is 0 Å². The number of nitrogens with one attached hydrogen (secondary N) is 1. The van der Waals surface area contributed by atoms with Gasteiger partial charge in [-0.25, -0.2) is 0 Å². The van der Waals surface area contributed by atoms with Crippen LogP contribution in [0.5, 0.6) is 0 Å². The number of carbonyl (C=O) groups excluding carboxylic acids is 1. The number of nitriles is 1. The van der Waals surface area contributed by atoms with Crippen LogP contribution in [-0.4, -0.2) is 24.7 Å². The fraction of sp³-hybridized carbons (Fsp3) is 0.750. The molecule has 1 N–H and O–H groups in total. The van der Waals surface area contributed by atoms with Crippen molar-refractivity contribution in [2.75, 3.05) is 6.61 Å². The van der Waals surface area contributed by atoms with E-state index < -0.39 is 6.04 Å². The first-order valence-corrected chi connectivity index (χ1v) is 3.87. The Hall–Kier alpha value is -1.08. The van der Waals surface area contributed by atoms with Gasteiger partial charge in [0, 0.05) is 0 Å². The number of hydrogen-bond donors (Lipinski definition) is 1. The minimum atomic E-state index is -0.451. The third-order valence-electron chi connectivity index (χ3n) is 1.12. The lowest BCUT2D eigenvalue weighted by atomic mass is 10.4. The van der Waals surface area contributed by atoms with E-state index in [2.05, 4.69) is 5.32 Å². The quantitative estimate of drug-likeness (QED) is 0.666. The molecule has 12 heavy (non-hydrogen) atoms. The van der Waals surface area contributed by atoms with E-state index in [1.807, 2.05) is 19.9 Å². The van der Waals surface area contributed by atoms with Gasteiger partial charge in [0.1, 0.15) is 12.6 Å². The van der Waals surface area contributed by atoms with E-state index in [0.29, 0.717) is 0 Å². The van der Waals surface area contributed by atoms with E-state index in [0.717, 1.165) is 0 Å². The molecule has 0 fully saturated rings. The van der Waals surface area contributed by atoms with Gasteiger partial charge in [-0.15, -0.1) is 0 Å². The van der Waals surface area contributed by atoms with E-state index in [-0.39, 0.29) is 18.6 Å². The van der Waals surface area contributed by atoms with Crippen molar-refractivity contribution < 1.29 is 9.53 Å². The number of hydrogen-bond acceptors (Lipinski definition) is 3. The van der Waals surface area contributed by atoms with Crippen molar-refractivity contribution in [1.82, 2.24) is 5.32 Å². The standard InChI is InChI=1S/C8H14N2O2/c1-6(2)12-5-8(11)10-7(3)4-9/h6-7H,5H2,1-3H3,(H,10,11). The summed E-state index contributed by atoms with van der Waals surface area (Å²) < 4.78 is 5.03. The molecule has 68 valence electrons. The van der Waals surface area contributed by atoms with Gasteiger partial charge in [0.2, 0.25) is 5.91 Å². The van der Waals surface area contributed by atoms with E-state index in [9.17, 15) is 4.79 Å². The molecule has 1 atom stereocenters. The summed E-state index contributed by atoms with van der Waals surface area (Å²) in [6.07, 6.45) is 0.0353. The molecule has 4 heteroatoms. The van der Waals surface area contributed by atoms with Crippen molar-refractivity contribution in [2.24, 2.45) is 0 Å². The molecule has 0 aliphatic carbocycles. The van der Waals surface area contributed by atoms with Gasteiger partial charge in [0.15, 0.2) is 0 Å². The summed E-state index contributed by atoms with van der Waals surface area (Å²) >= 11 is 0. The predicted molar refractivity (Wildman–Crippen MR) is 44.3 cm³/mol. The van der Waals surface area contributed by atoms with Crippen LogP contribution in [0.1, 0.15) is 20.8 Å². The zero-order valence-corrected chi connectivity index (χ0v) is 7.63. The molecule has 0 aliphatic rings. The van der Waals surface area contributed by atoms with Crippen LogP contribution in [0, 0.1) is 11.3 Å². The first-order valence-electron chi connectivity index (χ1n) is 3.87. The Bertz CT molecular complexity index is 184. The molecule has 0 saturated carbocycles. The fourth-order valence-electron chi connectivity index (χ4n) is 0.558. The SMILES string of the molecule is CC(C#N)NC(=O)COC(C)C.